The van der Waals surface area contributed by atoms with Crippen LogP contribution in [0.2, 0.25) is 0 Å². The molecule has 21 heavy (non-hydrogen) atoms. The molecule has 0 saturated heterocycles. The summed E-state index contributed by atoms with van der Waals surface area (Å²) < 4.78 is 0. The van der Waals surface area contributed by atoms with Gasteiger partial charge < -0.3 is 0 Å². The van der Waals surface area contributed by atoms with Crippen LogP contribution in [0, 0.1) is 5.92 Å². The number of nitrogens with one attached hydrogen (secondary N) is 1. The van der Waals surface area contributed by atoms with Crippen molar-refractivity contribution in [2.75, 3.05) is 0 Å². The van der Waals surface area contributed by atoms with Crippen molar-refractivity contribution in [3.63, 3.8) is 0 Å². The van der Waals surface area contributed by atoms with E-state index in [-0.39, 0.29) is 0 Å². The van der Waals surface area contributed by atoms with Crippen molar-refractivity contribution in [2.45, 2.75) is 76.2 Å². The lowest BCUT2D eigenvalue weighted by Gasteiger charge is -2.32. The molecule has 0 aromatic heterocycles. The van der Waals surface area contributed by atoms with Gasteiger partial charge in [0.2, 0.25) is 0 Å². The van der Waals surface area contributed by atoms with Gasteiger partial charge >= 0.3 is 0 Å². The number of fused-ring (bicyclic) bond motifs is 1. The Balaban J connectivity index is 1.69. The minimum atomic E-state index is 0.499. The molecular weight excluding hydrogens is 256 g/mol. The number of nitrogens with two attached hydrogens (primary N) is 1. The minimum absolute atomic E-state index is 0.499. The summed E-state index contributed by atoms with van der Waals surface area (Å²) in [6.45, 7) is 0. The molecule has 1 saturated carbocycles. The third-order valence-corrected chi connectivity index (χ3v) is 5.72. The minimum Gasteiger partial charge on any atom is -0.271 e. The second-order valence-electron chi connectivity index (χ2n) is 7.05. The molecule has 116 valence electrons. The predicted molar refractivity (Wildman–Crippen MR) is 89.0 cm³/mol. The van der Waals surface area contributed by atoms with E-state index in [2.05, 4.69) is 29.7 Å². The summed E-state index contributed by atoms with van der Waals surface area (Å²) in [7, 11) is 0. The third kappa shape index (κ3) is 3.67. The van der Waals surface area contributed by atoms with Crippen molar-refractivity contribution < 1.29 is 0 Å². The van der Waals surface area contributed by atoms with E-state index in [0.29, 0.717) is 12.0 Å². The molecule has 0 heterocycles. The van der Waals surface area contributed by atoms with E-state index in [0.717, 1.165) is 5.92 Å². The molecule has 2 unspecified atom stereocenters. The molecule has 2 atom stereocenters. The molecular formula is C19H30N2. The molecule has 0 amide bonds. The first kappa shape index (κ1) is 15.1. The number of rotatable bonds is 4. The van der Waals surface area contributed by atoms with Gasteiger partial charge in [-0.25, -0.2) is 0 Å². The van der Waals surface area contributed by atoms with Gasteiger partial charge in [-0.2, -0.15) is 0 Å². The van der Waals surface area contributed by atoms with Crippen LogP contribution in [0.15, 0.2) is 24.3 Å². The van der Waals surface area contributed by atoms with Crippen LogP contribution in [0.3, 0.4) is 0 Å². The lowest BCUT2D eigenvalue weighted by Crippen LogP contribution is -2.42. The summed E-state index contributed by atoms with van der Waals surface area (Å²) in [5.41, 5.74) is 6.35. The van der Waals surface area contributed by atoms with Gasteiger partial charge in [0.05, 0.1) is 0 Å². The summed E-state index contributed by atoms with van der Waals surface area (Å²) in [5, 5.41) is 0. The van der Waals surface area contributed by atoms with Crippen molar-refractivity contribution in [2.24, 2.45) is 11.8 Å². The molecule has 1 aromatic rings. The van der Waals surface area contributed by atoms with Crippen LogP contribution >= 0.6 is 0 Å². The van der Waals surface area contributed by atoms with Crippen molar-refractivity contribution in [3.05, 3.63) is 35.4 Å². The Kier molecular flexibility index (Phi) is 5.32. The zero-order valence-electron chi connectivity index (χ0n) is 13.2. The van der Waals surface area contributed by atoms with E-state index in [9.17, 15) is 0 Å². The van der Waals surface area contributed by atoms with Crippen LogP contribution in [0.4, 0.5) is 0 Å². The van der Waals surface area contributed by atoms with Gasteiger partial charge in [-0.1, -0.05) is 49.9 Å². The van der Waals surface area contributed by atoms with Crippen molar-refractivity contribution in [1.82, 2.24) is 5.43 Å². The number of benzene rings is 1. The summed E-state index contributed by atoms with van der Waals surface area (Å²) in [6, 6.07) is 9.55. The topological polar surface area (TPSA) is 38.0 Å². The second-order valence-corrected chi connectivity index (χ2v) is 7.05. The summed E-state index contributed by atoms with van der Waals surface area (Å²) in [5.74, 6) is 7.43. The van der Waals surface area contributed by atoms with Gasteiger partial charge in [-0.3, -0.25) is 11.3 Å². The van der Waals surface area contributed by atoms with Crippen LogP contribution in [-0.2, 0) is 6.42 Å². The Labute approximate surface area is 129 Å². The van der Waals surface area contributed by atoms with Crippen LogP contribution in [0.5, 0.6) is 0 Å². The first-order chi connectivity index (χ1) is 10.4. The zero-order valence-corrected chi connectivity index (χ0v) is 13.2. The largest absolute Gasteiger partial charge is 0.271 e. The number of hydrogen-bond donors (Lipinski definition) is 2. The fourth-order valence-electron chi connectivity index (χ4n) is 4.52. The first-order valence-corrected chi connectivity index (χ1v) is 8.92. The molecule has 2 heteroatoms. The molecule has 2 aliphatic rings. The van der Waals surface area contributed by atoms with E-state index in [1.807, 2.05) is 0 Å². The molecule has 0 radical (unpaired) electrons. The van der Waals surface area contributed by atoms with E-state index in [4.69, 9.17) is 5.84 Å². The smallest absolute Gasteiger partial charge is 0.0244 e. The summed E-state index contributed by atoms with van der Waals surface area (Å²) in [4.78, 5) is 0. The van der Waals surface area contributed by atoms with E-state index in [1.54, 1.807) is 11.1 Å². The molecule has 0 bridgehead atoms. The maximum atomic E-state index is 5.94. The second kappa shape index (κ2) is 7.42. The van der Waals surface area contributed by atoms with E-state index in [1.165, 1.54) is 64.2 Å². The summed E-state index contributed by atoms with van der Waals surface area (Å²) >= 11 is 0. The van der Waals surface area contributed by atoms with Crippen molar-refractivity contribution in [1.29, 1.82) is 0 Å². The van der Waals surface area contributed by atoms with Crippen molar-refractivity contribution >= 4 is 0 Å². The van der Waals surface area contributed by atoms with Gasteiger partial charge in [-0.15, -0.1) is 0 Å². The molecule has 0 spiro atoms. The maximum Gasteiger partial charge on any atom is 0.0244 e. The average Bonchev–Trinajstić information content (AvgIpc) is 2.82. The lowest BCUT2D eigenvalue weighted by atomic mass is 9.77. The normalized spacial score (nSPS) is 25.1. The highest BCUT2D eigenvalue weighted by Crippen LogP contribution is 2.37. The highest BCUT2D eigenvalue weighted by Gasteiger charge is 2.27. The Hall–Kier alpha value is -0.860. The molecule has 3 N–H and O–H groups in total. The van der Waals surface area contributed by atoms with Gasteiger partial charge in [0, 0.05) is 6.04 Å². The fourth-order valence-corrected chi connectivity index (χ4v) is 4.52. The Morgan fingerprint density at radius 3 is 2.52 bits per heavy atom. The third-order valence-electron chi connectivity index (χ3n) is 5.72. The molecule has 2 aliphatic carbocycles. The van der Waals surface area contributed by atoms with Crippen LogP contribution in [0.25, 0.3) is 0 Å². The summed E-state index contributed by atoms with van der Waals surface area (Å²) in [6.07, 6.45) is 13.5. The molecule has 1 aromatic carbocycles. The molecule has 2 nitrogen and oxygen atoms in total. The molecule has 1 fully saturated rings. The lowest BCUT2D eigenvalue weighted by molar-refractivity contribution is 0.284. The first-order valence-electron chi connectivity index (χ1n) is 8.92. The Bertz CT molecular complexity index is 435. The Morgan fingerprint density at radius 2 is 1.76 bits per heavy atom. The van der Waals surface area contributed by atoms with Crippen molar-refractivity contribution in [3.8, 4) is 0 Å². The van der Waals surface area contributed by atoms with Gasteiger partial charge in [0.15, 0.2) is 0 Å². The van der Waals surface area contributed by atoms with Gasteiger partial charge in [0.1, 0.15) is 0 Å². The van der Waals surface area contributed by atoms with Crippen LogP contribution in [-0.4, -0.2) is 6.04 Å². The Morgan fingerprint density at radius 1 is 1.00 bits per heavy atom. The maximum absolute atomic E-state index is 5.94. The highest BCUT2D eigenvalue weighted by atomic mass is 15.2. The fraction of sp³-hybridized carbons (Fsp3) is 0.684. The number of aryl methyl sites for hydroxylation is 1. The van der Waals surface area contributed by atoms with Gasteiger partial charge in [0.25, 0.3) is 0 Å². The average molecular weight is 286 g/mol. The number of hydrogen-bond acceptors (Lipinski definition) is 2. The standard InChI is InChI=1S/C19H30N2/c20-21-19(16-9-3-1-2-4-10-16)14-17-12-7-11-15-8-5-6-13-18(15)17/h5-6,8,13,16-17,19,21H,1-4,7,9-12,14,20H2. The van der Waals surface area contributed by atoms with Crippen LogP contribution in [0.1, 0.15) is 74.8 Å². The predicted octanol–water partition coefficient (Wildman–Crippen LogP) is 4.30. The van der Waals surface area contributed by atoms with Crippen LogP contribution < -0.4 is 11.3 Å². The SMILES string of the molecule is NNC(CC1CCCc2ccccc21)C1CCCCCC1. The highest BCUT2D eigenvalue weighted by molar-refractivity contribution is 5.32. The zero-order chi connectivity index (χ0) is 14.5. The molecule has 3 rings (SSSR count). The molecule has 0 aliphatic heterocycles. The van der Waals surface area contributed by atoms with E-state index < -0.39 is 0 Å². The number of hydrazine groups is 1. The van der Waals surface area contributed by atoms with E-state index >= 15 is 0 Å². The monoisotopic (exact) mass is 286 g/mol. The van der Waals surface area contributed by atoms with Gasteiger partial charge in [-0.05, 0) is 61.5 Å². The quantitative estimate of drug-likeness (QED) is 0.492.